The molecule has 0 amide bonds. The van der Waals surface area contributed by atoms with Gasteiger partial charge in [0.25, 0.3) is 0 Å². The molecule has 0 bridgehead atoms. The van der Waals surface area contributed by atoms with Crippen molar-refractivity contribution in [2.24, 2.45) is 9.98 Å². The average molecular weight is 518 g/mol. The fraction of sp³-hybridized carbons (Fsp3) is 0.375. The summed E-state index contributed by atoms with van der Waals surface area (Å²) >= 11 is 6.34. The van der Waals surface area contributed by atoms with E-state index in [1.54, 1.807) is 45.8 Å². The molecule has 11 heteroatoms. The molecule has 1 aromatic heterocycles. The van der Waals surface area contributed by atoms with Crippen LogP contribution in [0.5, 0.6) is 5.75 Å². The van der Waals surface area contributed by atoms with Crippen molar-refractivity contribution in [2.75, 3.05) is 69.2 Å². The van der Waals surface area contributed by atoms with E-state index in [9.17, 15) is 4.57 Å². The summed E-state index contributed by atoms with van der Waals surface area (Å²) in [6.07, 6.45) is 3.20. The van der Waals surface area contributed by atoms with E-state index in [1.807, 2.05) is 18.2 Å². The fourth-order valence-corrected chi connectivity index (χ4v) is 4.76. The second-order valence-electron chi connectivity index (χ2n) is 8.64. The normalized spacial score (nSPS) is 15.9. The predicted octanol–water partition coefficient (Wildman–Crippen LogP) is 4.10. The molecule has 188 valence electrons. The molecule has 0 atom stereocenters. The summed E-state index contributed by atoms with van der Waals surface area (Å²) in [5.41, 5.74) is 2.40. The number of ether oxygens (including phenoxy) is 1. The van der Waals surface area contributed by atoms with Crippen LogP contribution in [0.4, 0.5) is 17.1 Å². The number of aromatic nitrogens is 1. The summed E-state index contributed by atoms with van der Waals surface area (Å²) in [6.45, 7) is 12.7. The minimum Gasteiger partial charge on any atom is -0.494 e. The zero-order chi connectivity index (χ0) is 25.6. The molecule has 0 radical (unpaired) electrons. The second-order valence-corrected chi connectivity index (χ2v) is 12.4. The summed E-state index contributed by atoms with van der Waals surface area (Å²) in [4.78, 5) is 17.3. The molecular weight excluding hydrogens is 485 g/mol. The van der Waals surface area contributed by atoms with E-state index >= 15 is 0 Å². The smallest absolute Gasteiger partial charge is 0.228 e. The fourth-order valence-electron chi connectivity index (χ4n) is 3.61. The molecule has 1 aliphatic rings. The standard InChI is InChI=1S/C24H33ClN7O2P/c1-17(25)23(28-20-9-10-27-16-22(20)35(5,6)33)30-24(26-2)29-19-8-7-18(15-21(19)34-4)32-13-11-31(3)12-14-32/h7-10,15-16H,2,11-14H2,1,3-6H3,(H,27,28)(H,29,30)/b23-17+. The van der Waals surface area contributed by atoms with Crippen LogP contribution in [-0.2, 0) is 4.57 Å². The maximum absolute atomic E-state index is 12.7. The van der Waals surface area contributed by atoms with Crippen molar-refractivity contribution in [3.8, 4) is 5.75 Å². The van der Waals surface area contributed by atoms with Crippen molar-refractivity contribution in [2.45, 2.75) is 6.92 Å². The third-order valence-corrected chi connectivity index (χ3v) is 7.32. The van der Waals surface area contributed by atoms with E-state index in [-0.39, 0.29) is 5.96 Å². The van der Waals surface area contributed by atoms with Gasteiger partial charge in [-0.3, -0.25) is 4.98 Å². The molecule has 0 aliphatic carbocycles. The van der Waals surface area contributed by atoms with E-state index < -0.39 is 7.14 Å². The zero-order valence-electron chi connectivity index (χ0n) is 20.9. The number of aliphatic imine (C=N–C) groups is 2. The van der Waals surface area contributed by atoms with Crippen molar-refractivity contribution in [1.29, 1.82) is 0 Å². The number of piperazine rings is 1. The Kier molecular flexibility index (Phi) is 8.94. The number of anilines is 3. The summed E-state index contributed by atoms with van der Waals surface area (Å²) in [5, 5.41) is 7.34. The van der Waals surface area contributed by atoms with E-state index in [1.165, 1.54) is 0 Å². The lowest BCUT2D eigenvalue weighted by atomic mass is 10.2. The molecular formula is C24H33ClN7O2P. The SMILES string of the molecule is C=NC(=N/C(Nc1ccncc1P(C)(C)=O)=C(\C)Cl)Nc1ccc(N2CCN(C)CC2)cc1OC. The van der Waals surface area contributed by atoms with Gasteiger partial charge in [0.05, 0.1) is 28.8 Å². The molecule has 3 rings (SSSR count). The van der Waals surface area contributed by atoms with Crippen LogP contribution in [0.2, 0.25) is 0 Å². The van der Waals surface area contributed by atoms with Crippen LogP contribution < -0.4 is 25.6 Å². The molecule has 9 nitrogen and oxygen atoms in total. The number of hydrogen-bond donors (Lipinski definition) is 2. The van der Waals surface area contributed by atoms with Gasteiger partial charge in [-0.05, 0) is 52.2 Å². The lowest BCUT2D eigenvalue weighted by molar-refractivity contribution is 0.312. The minimum absolute atomic E-state index is 0.227. The summed E-state index contributed by atoms with van der Waals surface area (Å²) in [6, 6.07) is 7.71. The third-order valence-electron chi connectivity index (χ3n) is 5.63. The molecule has 0 unspecified atom stereocenters. The van der Waals surface area contributed by atoms with Gasteiger partial charge in [-0.25, -0.2) is 4.99 Å². The van der Waals surface area contributed by atoms with Crippen molar-refractivity contribution in [1.82, 2.24) is 9.88 Å². The average Bonchev–Trinajstić information content (AvgIpc) is 2.83. The Balaban J connectivity index is 1.85. The van der Waals surface area contributed by atoms with Gasteiger partial charge in [0.15, 0.2) is 0 Å². The zero-order valence-corrected chi connectivity index (χ0v) is 22.5. The topological polar surface area (TPSA) is 94.5 Å². The summed E-state index contributed by atoms with van der Waals surface area (Å²) < 4.78 is 18.3. The molecule has 35 heavy (non-hydrogen) atoms. The third kappa shape index (κ3) is 7.07. The highest BCUT2D eigenvalue weighted by Gasteiger charge is 2.19. The minimum atomic E-state index is -2.58. The lowest BCUT2D eigenvalue weighted by Crippen LogP contribution is -2.44. The number of hydrogen-bond acceptors (Lipinski definition) is 7. The molecule has 2 aromatic rings. The number of halogens is 1. The highest BCUT2D eigenvalue weighted by atomic mass is 35.5. The number of methoxy groups -OCH3 is 1. The summed E-state index contributed by atoms with van der Waals surface area (Å²) in [7, 11) is 1.18. The van der Waals surface area contributed by atoms with E-state index in [2.05, 4.69) is 49.2 Å². The molecule has 1 aliphatic heterocycles. The van der Waals surface area contributed by atoms with Crippen LogP contribution in [0.1, 0.15) is 6.92 Å². The van der Waals surface area contributed by atoms with Gasteiger partial charge in [-0.1, -0.05) is 11.6 Å². The highest BCUT2D eigenvalue weighted by Crippen LogP contribution is 2.37. The Hall–Kier alpha value is -2.87. The number of nitrogens with one attached hydrogen (secondary N) is 2. The van der Waals surface area contributed by atoms with Crippen LogP contribution in [0.15, 0.2) is 57.5 Å². The largest absolute Gasteiger partial charge is 0.494 e. The first-order valence-electron chi connectivity index (χ1n) is 11.2. The molecule has 1 aromatic carbocycles. The van der Waals surface area contributed by atoms with Crippen LogP contribution in [0.3, 0.4) is 0 Å². The van der Waals surface area contributed by atoms with Crippen LogP contribution in [0, 0.1) is 0 Å². The Labute approximate surface area is 212 Å². The Morgan fingerprint density at radius 3 is 2.49 bits per heavy atom. The first-order chi connectivity index (χ1) is 16.6. The van der Waals surface area contributed by atoms with E-state index in [0.717, 1.165) is 31.9 Å². The van der Waals surface area contributed by atoms with Gasteiger partial charge >= 0.3 is 0 Å². The first kappa shape index (κ1) is 26.7. The number of likely N-dealkylation sites (N-methyl/N-ethyl adjacent to an activating group) is 1. The van der Waals surface area contributed by atoms with Gasteiger partial charge in [-0.15, -0.1) is 0 Å². The van der Waals surface area contributed by atoms with E-state index in [0.29, 0.717) is 33.3 Å². The van der Waals surface area contributed by atoms with Crippen LogP contribution >= 0.6 is 18.7 Å². The maximum atomic E-state index is 12.7. The maximum Gasteiger partial charge on any atom is 0.228 e. The van der Waals surface area contributed by atoms with Crippen LogP contribution in [0.25, 0.3) is 0 Å². The number of nitrogens with zero attached hydrogens (tertiary/aromatic N) is 5. The van der Waals surface area contributed by atoms with Crippen molar-refractivity contribution >= 4 is 53.8 Å². The number of rotatable bonds is 7. The Bertz CT molecular complexity index is 1170. The quantitative estimate of drug-likeness (QED) is 0.324. The van der Waals surface area contributed by atoms with Gasteiger partial charge in [0.2, 0.25) is 5.96 Å². The monoisotopic (exact) mass is 517 g/mol. The lowest BCUT2D eigenvalue weighted by Gasteiger charge is -2.34. The second kappa shape index (κ2) is 11.7. The van der Waals surface area contributed by atoms with Gasteiger partial charge in [0.1, 0.15) is 18.7 Å². The Morgan fingerprint density at radius 2 is 1.89 bits per heavy atom. The molecule has 1 saturated heterocycles. The Morgan fingerprint density at radius 1 is 1.17 bits per heavy atom. The van der Waals surface area contributed by atoms with Gasteiger partial charge in [0, 0.05) is 50.3 Å². The summed E-state index contributed by atoms with van der Waals surface area (Å²) in [5.74, 6) is 1.23. The number of pyridine rings is 1. The van der Waals surface area contributed by atoms with Gasteiger partial charge in [-0.2, -0.15) is 4.99 Å². The number of guanidine groups is 1. The predicted molar refractivity (Wildman–Crippen MR) is 149 cm³/mol. The van der Waals surface area contributed by atoms with E-state index in [4.69, 9.17) is 16.3 Å². The molecule has 0 spiro atoms. The van der Waals surface area contributed by atoms with Crippen molar-refractivity contribution < 1.29 is 9.30 Å². The van der Waals surface area contributed by atoms with Crippen LogP contribution in [-0.4, -0.2) is 76.2 Å². The molecule has 2 heterocycles. The first-order valence-corrected chi connectivity index (χ1v) is 14.2. The molecule has 1 fully saturated rings. The number of benzene rings is 1. The highest BCUT2D eigenvalue weighted by molar-refractivity contribution is 7.70. The van der Waals surface area contributed by atoms with Crippen molar-refractivity contribution in [3.05, 3.63) is 47.5 Å². The van der Waals surface area contributed by atoms with Crippen molar-refractivity contribution in [3.63, 3.8) is 0 Å². The van der Waals surface area contributed by atoms with Gasteiger partial charge < -0.3 is 29.7 Å². The number of allylic oxidation sites excluding steroid dienone is 1. The molecule has 0 saturated carbocycles. The molecule has 2 N–H and O–H groups in total.